The van der Waals surface area contributed by atoms with E-state index in [2.05, 4.69) is 10.2 Å². The molecule has 0 radical (unpaired) electrons. The van der Waals surface area contributed by atoms with Crippen molar-refractivity contribution in [2.75, 3.05) is 5.75 Å². The molecule has 2 aromatic rings. The van der Waals surface area contributed by atoms with Crippen molar-refractivity contribution >= 4 is 11.8 Å². The number of benzene rings is 1. The number of nitrogens with zero attached hydrogens (tertiary/aromatic N) is 3. The van der Waals surface area contributed by atoms with Crippen LogP contribution in [0.25, 0.3) is 0 Å². The van der Waals surface area contributed by atoms with Gasteiger partial charge in [-0.15, -0.1) is 10.2 Å². The zero-order chi connectivity index (χ0) is 14.9. The van der Waals surface area contributed by atoms with E-state index < -0.39 is 5.92 Å². The number of alkyl halides is 2. The number of nitrogens with two attached hydrogens (primary N) is 1. The molecule has 4 nitrogen and oxygen atoms in total. The van der Waals surface area contributed by atoms with Crippen molar-refractivity contribution in [3.8, 4) is 0 Å². The molecule has 1 aromatic heterocycles. The molecule has 1 aliphatic rings. The Kier molecular flexibility index (Phi) is 3.95. The van der Waals surface area contributed by atoms with E-state index in [4.69, 9.17) is 5.73 Å². The summed E-state index contributed by atoms with van der Waals surface area (Å²) < 4.78 is 30.3. The molecule has 1 fully saturated rings. The molecular formula is C14H16F2N4S. The standard InChI is InChI=1S/C14H16F2N4S/c15-14(16,10-4-2-1-3-5-10)9-21-13-19-18-12(8-17)20(13)11-6-7-11/h1-5,11H,6-9,17H2. The molecule has 21 heavy (non-hydrogen) atoms. The molecule has 1 heterocycles. The van der Waals surface area contributed by atoms with Gasteiger partial charge in [0.25, 0.3) is 5.92 Å². The fraction of sp³-hybridized carbons (Fsp3) is 0.429. The Morgan fingerprint density at radius 1 is 1.24 bits per heavy atom. The third kappa shape index (κ3) is 3.08. The molecule has 0 atom stereocenters. The summed E-state index contributed by atoms with van der Waals surface area (Å²) in [5, 5.41) is 8.53. The Labute approximate surface area is 125 Å². The summed E-state index contributed by atoms with van der Waals surface area (Å²) in [6, 6.07) is 8.17. The molecule has 0 saturated heterocycles. The van der Waals surface area contributed by atoms with Crippen molar-refractivity contribution in [2.45, 2.75) is 36.5 Å². The van der Waals surface area contributed by atoms with Crippen molar-refractivity contribution in [3.63, 3.8) is 0 Å². The van der Waals surface area contributed by atoms with Gasteiger partial charge in [-0.25, -0.2) is 8.78 Å². The van der Waals surface area contributed by atoms with Gasteiger partial charge in [0.15, 0.2) is 5.16 Å². The van der Waals surface area contributed by atoms with Crippen molar-refractivity contribution in [1.29, 1.82) is 0 Å². The average molecular weight is 310 g/mol. The highest BCUT2D eigenvalue weighted by Gasteiger charge is 2.34. The van der Waals surface area contributed by atoms with E-state index in [0.29, 0.717) is 17.0 Å². The zero-order valence-electron chi connectivity index (χ0n) is 11.4. The van der Waals surface area contributed by atoms with Gasteiger partial charge in [-0.3, -0.25) is 0 Å². The minimum atomic E-state index is -2.89. The first-order valence-electron chi connectivity index (χ1n) is 6.82. The van der Waals surface area contributed by atoms with Crippen LogP contribution in [0.15, 0.2) is 35.5 Å². The van der Waals surface area contributed by atoms with E-state index in [9.17, 15) is 8.78 Å². The molecule has 0 spiro atoms. The maximum atomic E-state index is 14.2. The van der Waals surface area contributed by atoms with Crippen LogP contribution in [0.4, 0.5) is 8.78 Å². The van der Waals surface area contributed by atoms with Crippen molar-refractivity contribution in [3.05, 3.63) is 41.7 Å². The fourth-order valence-corrected chi connectivity index (χ4v) is 3.13. The molecule has 0 amide bonds. The first-order chi connectivity index (χ1) is 10.1. The molecule has 0 unspecified atom stereocenters. The lowest BCUT2D eigenvalue weighted by molar-refractivity contribution is 0.0231. The van der Waals surface area contributed by atoms with Gasteiger partial charge in [0.1, 0.15) is 5.82 Å². The van der Waals surface area contributed by atoms with Crippen LogP contribution in [-0.2, 0) is 12.5 Å². The van der Waals surface area contributed by atoms with Crippen molar-refractivity contribution < 1.29 is 8.78 Å². The molecule has 112 valence electrons. The maximum absolute atomic E-state index is 14.2. The third-order valence-corrected chi connectivity index (χ3v) is 4.45. The summed E-state index contributed by atoms with van der Waals surface area (Å²) in [4.78, 5) is 0. The monoisotopic (exact) mass is 310 g/mol. The van der Waals surface area contributed by atoms with Gasteiger partial charge in [0.2, 0.25) is 0 Å². The van der Waals surface area contributed by atoms with Gasteiger partial charge in [-0.1, -0.05) is 42.1 Å². The van der Waals surface area contributed by atoms with E-state index in [-0.39, 0.29) is 17.9 Å². The first kappa shape index (κ1) is 14.5. The molecule has 7 heteroatoms. The lowest BCUT2D eigenvalue weighted by Crippen LogP contribution is -2.17. The molecule has 3 rings (SSSR count). The second-order valence-corrected chi connectivity index (χ2v) is 6.01. The number of aromatic nitrogens is 3. The largest absolute Gasteiger partial charge is 0.324 e. The molecule has 1 aromatic carbocycles. The van der Waals surface area contributed by atoms with Crippen LogP contribution in [-0.4, -0.2) is 20.5 Å². The summed E-state index contributed by atoms with van der Waals surface area (Å²) in [5.74, 6) is -2.58. The van der Waals surface area contributed by atoms with Gasteiger partial charge in [0, 0.05) is 11.6 Å². The molecule has 2 N–H and O–H groups in total. The fourth-order valence-electron chi connectivity index (χ4n) is 2.17. The van der Waals surface area contributed by atoms with Crippen molar-refractivity contribution in [2.24, 2.45) is 5.73 Å². The van der Waals surface area contributed by atoms with Gasteiger partial charge >= 0.3 is 0 Å². The Morgan fingerprint density at radius 2 is 1.95 bits per heavy atom. The summed E-state index contributed by atoms with van der Waals surface area (Å²) in [5.41, 5.74) is 5.64. The highest BCUT2D eigenvalue weighted by molar-refractivity contribution is 7.99. The molecule has 0 bridgehead atoms. The summed E-state index contributed by atoms with van der Waals surface area (Å²) >= 11 is 1.04. The van der Waals surface area contributed by atoms with E-state index >= 15 is 0 Å². The highest BCUT2D eigenvalue weighted by atomic mass is 32.2. The van der Waals surface area contributed by atoms with Crippen LogP contribution in [0.5, 0.6) is 0 Å². The minimum absolute atomic E-state index is 0.0223. The highest BCUT2D eigenvalue weighted by Crippen LogP contribution is 2.40. The number of rotatable bonds is 6. The molecule has 1 saturated carbocycles. The van der Waals surface area contributed by atoms with Crippen LogP contribution in [0.1, 0.15) is 30.3 Å². The number of halogens is 2. The zero-order valence-corrected chi connectivity index (χ0v) is 12.2. The molecule has 0 aliphatic heterocycles. The van der Waals surface area contributed by atoms with Gasteiger partial charge < -0.3 is 10.3 Å². The molecular weight excluding hydrogens is 294 g/mol. The van der Waals surface area contributed by atoms with E-state index in [1.807, 2.05) is 4.57 Å². The van der Waals surface area contributed by atoms with Crippen LogP contribution in [0, 0.1) is 0 Å². The quantitative estimate of drug-likeness (QED) is 0.834. The summed E-state index contributed by atoms with van der Waals surface area (Å²) in [6.45, 7) is 0.277. The lowest BCUT2D eigenvalue weighted by atomic mass is 10.1. The van der Waals surface area contributed by atoms with Crippen molar-refractivity contribution in [1.82, 2.24) is 14.8 Å². The Morgan fingerprint density at radius 3 is 2.57 bits per heavy atom. The van der Waals surface area contributed by atoms with Gasteiger partial charge in [-0.05, 0) is 12.8 Å². The second-order valence-electron chi connectivity index (χ2n) is 5.06. The SMILES string of the molecule is NCc1nnc(SCC(F)(F)c2ccccc2)n1C1CC1. The average Bonchev–Trinajstić information content (AvgIpc) is 3.26. The number of hydrogen-bond donors (Lipinski definition) is 1. The summed E-state index contributed by atoms with van der Waals surface area (Å²) in [7, 11) is 0. The van der Waals surface area contributed by atoms with E-state index in [1.165, 1.54) is 12.1 Å². The summed E-state index contributed by atoms with van der Waals surface area (Å²) in [6.07, 6.45) is 2.07. The second kappa shape index (κ2) is 5.73. The smallest absolute Gasteiger partial charge is 0.282 e. The van der Waals surface area contributed by atoms with E-state index in [0.717, 1.165) is 24.6 Å². The minimum Gasteiger partial charge on any atom is -0.324 e. The maximum Gasteiger partial charge on any atom is 0.282 e. The topological polar surface area (TPSA) is 56.7 Å². The normalized spacial score (nSPS) is 15.4. The Balaban J connectivity index is 1.74. The predicted molar refractivity (Wildman–Crippen MR) is 77.2 cm³/mol. The number of thioether (sulfide) groups is 1. The molecule has 1 aliphatic carbocycles. The Hall–Kier alpha value is -1.47. The van der Waals surface area contributed by atoms with Gasteiger partial charge in [-0.2, -0.15) is 0 Å². The number of hydrogen-bond acceptors (Lipinski definition) is 4. The Bertz CT molecular complexity index is 611. The first-order valence-corrected chi connectivity index (χ1v) is 7.80. The lowest BCUT2D eigenvalue weighted by Gasteiger charge is -2.16. The van der Waals surface area contributed by atoms with Crippen LogP contribution >= 0.6 is 11.8 Å². The van der Waals surface area contributed by atoms with Crippen LogP contribution in [0.3, 0.4) is 0 Å². The van der Waals surface area contributed by atoms with Crippen LogP contribution < -0.4 is 5.73 Å². The predicted octanol–water partition coefficient (Wildman–Crippen LogP) is 2.96. The van der Waals surface area contributed by atoms with Crippen LogP contribution in [0.2, 0.25) is 0 Å². The third-order valence-electron chi connectivity index (χ3n) is 3.41. The van der Waals surface area contributed by atoms with E-state index in [1.54, 1.807) is 18.2 Å². The van der Waals surface area contributed by atoms with Gasteiger partial charge in [0.05, 0.1) is 12.3 Å².